The molecule has 5 heteroatoms. The Morgan fingerprint density at radius 3 is 2.39 bits per heavy atom. The summed E-state index contributed by atoms with van der Waals surface area (Å²) in [5, 5.41) is 12.7. The molecule has 0 amide bonds. The molecule has 1 fully saturated rings. The van der Waals surface area contributed by atoms with Crippen molar-refractivity contribution in [3.8, 4) is 0 Å². The molecule has 0 bridgehead atoms. The second-order valence-electron chi connectivity index (χ2n) is 4.80. The largest absolute Gasteiger partial charge is 0.392 e. The lowest BCUT2D eigenvalue weighted by Gasteiger charge is -2.33. The summed E-state index contributed by atoms with van der Waals surface area (Å²) in [6.45, 7) is 1.67. The van der Waals surface area contributed by atoms with Gasteiger partial charge in [-0.2, -0.15) is 0 Å². The van der Waals surface area contributed by atoms with E-state index >= 15 is 0 Å². The summed E-state index contributed by atoms with van der Waals surface area (Å²) in [6.07, 6.45) is 1.87. The molecule has 2 rings (SSSR count). The Balaban J connectivity index is 2.21. The third-order valence-electron chi connectivity index (χ3n) is 3.41. The van der Waals surface area contributed by atoms with Crippen molar-refractivity contribution in [2.45, 2.75) is 44.4 Å². The van der Waals surface area contributed by atoms with Crippen LogP contribution in [0.1, 0.15) is 37.8 Å². The molecule has 1 aliphatic heterocycles. The van der Waals surface area contributed by atoms with E-state index in [2.05, 4.69) is 5.32 Å². The van der Waals surface area contributed by atoms with Gasteiger partial charge in [0.05, 0.1) is 6.10 Å². The van der Waals surface area contributed by atoms with Crippen LogP contribution in [-0.4, -0.2) is 17.3 Å². The van der Waals surface area contributed by atoms with Crippen LogP contribution in [0.3, 0.4) is 0 Å². The number of halogens is 3. The smallest absolute Gasteiger partial charge is 0.194 e. The fourth-order valence-electron chi connectivity index (χ4n) is 2.39. The van der Waals surface area contributed by atoms with Crippen LogP contribution in [0.15, 0.2) is 12.1 Å². The molecule has 0 spiro atoms. The molecule has 1 aromatic carbocycles. The highest BCUT2D eigenvalue weighted by Gasteiger charge is 2.26. The molecule has 1 aromatic rings. The van der Waals surface area contributed by atoms with E-state index in [9.17, 15) is 18.3 Å². The molecule has 1 aliphatic rings. The molecule has 0 aromatic heterocycles. The van der Waals surface area contributed by atoms with E-state index in [0.717, 1.165) is 25.0 Å². The topological polar surface area (TPSA) is 32.3 Å². The van der Waals surface area contributed by atoms with Gasteiger partial charge in [-0.05, 0) is 43.9 Å². The molecule has 2 nitrogen and oxygen atoms in total. The van der Waals surface area contributed by atoms with Crippen LogP contribution in [0, 0.1) is 17.5 Å². The minimum Gasteiger partial charge on any atom is -0.392 e. The zero-order valence-electron chi connectivity index (χ0n) is 10.1. The summed E-state index contributed by atoms with van der Waals surface area (Å²) in [5.41, 5.74) is 0.386. The van der Waals surface area contributed by atoms with E-state index in [0.29, 0.717) is 12.0 Å². The number of nitrogens with one attached hydrogen (secondary N) is 1. The van der Waals surface area contributed by atoms with Gasteiger partial charge in [0.15, 0.2) is 17.5 Å². The predicted octanol–water partition coefficient (Wildman–Crippen LogP) is 2.67. The maximum atomic E-state index is 13.2. The Morgan fingerprint density at radius 1 is 1.22 bits per heavy atom. The first-order valence-electron chi connectivity index (χ1n) is 6.07. The first-order valence-corrected chi connectivity index (χ1v) is 6.07. The van der Waals surface area contributed by atoms with Crippen molar-refractivity contribution in [3.63, 3.8) is 0 Å². The molecule has 0 unspecified atom stereocenters. The Kier molecular flexibility index (Phi) is 3.92. The number of piperidine rings is 1. The number of rotatable bonds is 2. The lowest BCUT2D eigenvalue weighted by Crippen LogP contribution is -2.43. The average molecular weight is 259 g/mol. The van der Waals surface area contributed by atoms with Gasteiger partial charge in [0.25, 0.3) is 0 Å². The summed E-state index contributed by atoms with van der Waals surface area (Å²) in [6, 6.07) is 1.68. The second kappa shape index (κ2) is 5.28. The summed E-state index contributed by atoms with van der Waals surface area (Å²) in [5.74, 6) is -3.79. The van der Waals surface area contributed by atoms with Crippen LogP contribution in [-0.2, 0) is 0 Å². The van der Waals surface area contributed by atoms with E-state index in [-0.39, 0.29) is 12.1 Å². The molecule has 0 radical (unpaired) electrons. The van der Waals surface area contributed by atoms with Crippen molar-refractivity contribution in [3.05, 3.63) is 35.1 Å². The number of aliphatic hydroxyl groups is 1. The summed E-state index contributed by atoms with van der Waals surface area (Å²) < 4.78 is 39.2. The van der Waals surface area contributed by atoms with Crippen molar-refractivity contribution in [2.24, 2.45) is 0 Å². The van der Waals surface area contributed by atoms with Gasteiger partial charge in [-0.25, -0.2) is 13.2 Å². The molecule has 0 saturated carbocycles. The monoisotopic (exact) mass is 259 g/mol. The Labute approximate surface area is 104 Å². The quantitative estimate of drug-likeness (QED) is 0.800. The van der Waals surface area contributed by atoms with Crippen molar-refractivity contribution >= 4 is 0 Å². The first-order chi connectivity index (χ1) is 8.49. The molecule has 18 heavy (non-hydrogen) atoms. The van der Waals surface area contributed by atoms with Crippen molar-refractivity contribution in [2.75, 3.05) is 0 Å². The Bertz CT molecular complexity index is 413. The minimum absolute atomic E-state index is 0.0973. The van der Waals surface area contributed by atoms with Gasteiger partial charge in [-0.3, -0.25) is 0 Å². The average Bonchev–Trinajstić information content (AvgIpc) is 2.35. The number of aliphatic hydroxyl groups excluding tert-OH is 1. The Hall–Kier alpha value is -1.07. The van der Waals surface area contributed by atoms with Crippen molar-refractivity contribution in [1.82, 2.24) is 5.32 Å². The standard InChI is InChI=1S/C13H16F3NO/c1-7(18)11-3-2-4-12(17-11)8-5-9(14)13(16)10(15)6-8/h5-7,11-12,17-18H,2-4H2,1H3/t7-,11-,12+/m1/s1. The molecule has 2 N–H and O–H groups in total. The molecule has 1 heterocycles. The van der Waals surface area contributed by atoms with Crippen molar-refractivity contribution < 1.29 is 18.3 Å². The first kappa shape index (κ1) is 13.4. The molecule has 1 saturated heterocycles. The number of benzene rings is 1. The van der Waals surface area contributed by atoms with Crippen molar-refractivity contribution in [1.29, 1.82) is 0 Å². The van der Waals surface area contributed by atoms with Gasteiger partial charge in [-0.1, -0.05) is 0 Å². The molecular formula is C13H16F3NO. The molecular weight excluding hydrogens is 243 g/mol. The SMILES string of the molecule is C[C@@H](O)[C@H]1CCC[C@@H](c2cc(F)c(F)c(F)c2)N1. The second-order valence-corrected chi connectivity index (χ2v) is 4.80. The zero-order chi connectivity index (χ0) is 13.3. The van der Waals surface area contributed by atoms with Crippen LogP contribution in [0.4, 0.5) is 13.2 Å². The minimum atomic E-state index is -1.44. The predicted molar refractivity (Wildman–Crippen MR) is 61.5 cm³/mol. The van der Waals surface area contributed by atoms with Crippen LogP contribution in [0.25, 0.3) is 0 Å². The van der Waals surface area contributed by atoms with E-state index < -0.39 is 23.6 Å². The number of hydrogen-bond donors (Lipinski definition) is 2. The van der Waals surface area contributed by atoms with Gasteiger partial charge in [0.1, 0.15) is 0 Å². The number of hydrogen-bond acceptors (Lipinski definition) is 2. The molecule has 100 valence electrons. The lowest BCUT2D eigenvalue weighted by atomic mass is 9.91. The van der Waals surface area contributed by atoms with Gasteiger partial charge in [-0.15, -0.1) is 0 Å². The van der Waals surface area contributed by atoms with E-state index in [1.165, 1.54) is 0 Å². The molecule has 3 atom stereocenters. The molecule has 0 aliphatic carbocycles. The van der Waals surface area contributed by atoms with Gasteiger partial charge < -0.3 is 10.4 Å². The highest BCUT2D eigenvalue weighted by atomic mass is 19.2. The third kappa shape index (κ3) is 2.67. The Morgan fingerprint density at radius 2 is 1.83 bits per heavy atom. The van der Waals surface area contributed by atoms with Gasteiger partial charge in [0, 0.05) is 12.1 Å². The third-order valence-corrected chi connectivity index (χ3v) is 3.41. The fourth-order valence-corrected chi connectivity index (χ4v) is 2.39. The van der Waals surface area contributed by atoms with E-state index in [4.69, 9.17) is 0 Å². The van der Waals surface area contributed by atoms with Crippen LogP contribution < -0.4 is 5.32 Å². The van der Waals surface area contributed by atoms with Gasteiger partial charge >= 0.3 is 0 Å². The van der Waals surface area contributed by atoms with Crippen LogP contribution in [0.2, 0.25) is 0 Å². The van der Waals surface area contributed by atoms with Crippen LogP contribution in [0.5, 0.6) is 0 Å². The van der Waals surface area contributed by atoms with E-state index in [1.807, 2.05) is 0 Å². The fraction of sp³-hybridized carbons (Fsp3) is 0.538. The highest BCUT2D eigenvalue weighted by molar-refractivity contribution is 5.23. The maximum absolute atomic E-state index is 13.2. The van der Waals surface area contributed by atoms with Crippen LogP contribution >= 0.6 is 0 Å². The van der Waals surface area contributed by atoms with Gasteiger partial charge in [0.2, 0.25) is 0 Å². The maximum Gasteiger partial charge on any atom is 0.194 e. The highest BCUT2D eigenvalue weighted by Crippen LogP contribution is 2.28. The summed E-state index contributed by atoms with van der Waals surface area (Å²) >= 11 is 0. The summed E-state index contributed by atoms with van der Waals surface area (Å²) in [7, 11) is 0. The zero-order valence-corrected chi connectivity index (χ0v) is 10.1. The summed E-state index contributed by atoms with van der Waals surface area (Å²) in [4.78, 5) is 0. The van der Waals surface area contributed by atoms with E-state index in [1.54, 1.807) is 6.92 Å². The normalized spacial score (nSPS) is 26.1. The lowest BCUT2D eigenvalue weighted by molar-refractivity contribution is 0.116.